The summed E-state index contributed by atoms with van der Waals surface area (Å²) in [6.45, 7) is 0.0612. The number of aliphatic hydroxyl groups excluding tert-OH is 1. The minimum Gasteiger partial charge on any atom is -0.403 e. The van der Waals surface area contributed by atoms with E-state index in [0.29, 0.717) is 16.8 Å². The van der Waals surface area contributed by atoms with E-state index in [1.165, 1.54) is 24.3 Å². The van der Waals surface area contributed by atoms with E-state index in [1.54, 1.807) is 0 Å². The van der Waals surface area contributed by atoms with Gasteiger partial charge in [0, 0.05) is 18.0 Å². The molecule has 9 heteroatoms. The van der Waals surface area contributed by atoms with Crippen molar-refractivity contribution in [3.8, 4) is 22.7 Å². The Hall–Kier alpha value is -3.33. The first-order valence-corrected chi connectivity index (χ1v) is 8.02. The number of fused-ring (bicyclic) bond motifs is 1. The van der Waals surface area contributed by atoms with Gasteiger partial charge in [-0.05, 0) is 35.9 Å². The van der Waals surface area contributed by atoms with Crippen molar-refractivity contribution in [3.05, 3.63) is 53.8 Å². The lowest BCUT2D eigenvalue weighted by molar-refractivity contribution is 0.309. The van der Waals surface area contributed by atoms with Crippen LogP contribution < -0.4 is 5.32 Å². The number of aromatic nitrogens is 3. The van der Waals surface area contributed by atoms with E-state index in [9.17, 15) is 13.2 Å². The highest BCUT2D eigenvalue weighted by Crippen LogP contribution is 2.39. The largest absolute Gasteiger partial charge is 0.403 e. The fourth-order valence-corrected chi connectivity index (χ4v) is 2.83. The second kappa shape index (κ2) is 6.76. The maximum Gasteiger partial charge on any atom is 0.315 e. The second-order valence-corrected chi connectivity index (χ2v) is 5.75. The first kappa shape index (κ1) is 17.1. The molecule has 3 N–H and O–H groups in total. The first-order chi connectivity index (χ1) is 13.1. The Morgan fingerprint density at radius 1 is 1.04 bits per heavy atom. The minimum atomic E-state index is -0.780. The van der Waals surface area contributed by atoms with Crippen molar-refractivity contribution in [1.29, 1.82) is 0 Å². The van der Waals surface area contributed by atoms with Gasteiger partial charge in [0.25, 0.3) is 5.89 Å². The first-order valence-electron chi connectivity index (χ1n) is 8.02. The lowest BCUT2D eigenvalue weighted by atomic mass is 10.0. The monoisotopic (exact) mass is 374 g/mol. The molecule has 0 saturated heterocycles. The average molecular weight is 374 g/mol. The van der Waals surface area contributed by atoms with Crippen molar-refractivity contribution in [3.63, 3.8) is 0 Å². The van der Waals surface area contributed by atoms with Crippen LogP contribution in [-0.4, -0.2) is 33.4 Å². The molecule has 4 rings (SSSR count). The zero-order valence-corrected chi connectivity index (χ0v) is 13.8. The summed E-state index contributed by atoms with van der Waals surface area (Å²) in [5.74, 6) is -1.95. The summed E-state index contributed by atoms with van der Waals surface area (Å²) in [6.07, 6.45) is 0. The third kappa shape index (κ3) is 3.13. The molecule has 138 valence electrons. The Kier molecular flexibility index (Phi) is 4.28. The lowest BCUT2D eigenvalue weighted by Crippen LogP contribution is -2.05. The van der Waals surface area contributed by atoms with Crippen molar-refractivity contribution < 1.29 is 22.7 Å². The normalized spacial score (nSPS) is 11.3. The van der Waals surface area contributed by atoms with Gasteiger partial charge >= 0.3 is 6.01 Å². The predicted octanol–water partition coefficient (Wildman–Crippen LogP) is 3.71. The summed E-state index contributed by atoms with van der Waals surface area (Å²) in [5.41, 5.74) is 1.27. The van der Waals surface area contributed by atoms with Gasteiger partial charge in [0.2, 0.25) is 0 Å². The summed E-state index contributed by atoms with van der Waals surface area (Å²) >= 11 is 0. The smallest absolute Gasteiger partial charge is 0.315 e. The lowest BCUT2D eigenvalue weighted by Gasteiger charge is -2.02. The highest BCUT2D eigenvalue weighted by atomic mass is 19.1. The number of hydrogen-bond donors (Lipinski definition) is 3. The highest BCUT2D eigenvalue weighted by molar-refractivity contribution is 6.02. The molecule has 0 aliphatic carbocycles. The number of nitrogens with one attached hydrogen (secondary N) is 2. The Morgan fingerprint density at radius 2 is 1.81 bits per heavy atom. The zero-order chi connectivity index (χ0) is 19.0. The van der Waals surface area contributed by atoms with Crippen molar-refractivity contribution >= 4 is 16.9 Å². The van der Waals surface area contributed by atoms with E-state index in [2.05, 4.69) is 20.5 Å². The number of benzene rings is 2. The molecule has 4 aromatic rings. The van der Waals surface area contributed by atoms with Crippen LogP contribution >= 0.6 is 0 Å². The Balaban J connectivity index is 1.94. The molecular weight excluding hydrogens is 361 g/mol. The fraction of sp³-hybridized carbons (Fsp3) is 0.111. The molecule has 2 aromatic carbocycles. The number of aliphatic hydroxyl groups is 1. The van der Waals surface area contributed by atoms with Crippen LogP contribution in [0.25, 0.3) is 33.6 Å². The van der Waals surface area contributed by atoms with Crippen LogP contribution in [0.4, 0.5) is 19.2 Å². The van der Waals surface area contributed by atoms with E-state index in [1.807, 2.05) is 0 Å². The number of anilines is 1. The maximum atomic E-state index is 14.3. The van der Waals surface area contributed by atoms with E-state index in [-0.39, 0.29) is 36.0 Å². The summed E-state index contributed by atoms with van der Waals surface area (Å²) < 4.78 is 46.9. The SMILES string of the molecule is OCCNc1nnc(-c2c(-c3ccc(F)cc3)[nH]c3c(F)cc(F)cc23)o1. The summed E-state index contributed by atoms with van der Waals surface area (Å²) in [4.78, 5) is 2.89. The van der Waals surface area contributed by atoms with Crippen LogP contribution in [0.1, 0.15) is 0 Å². The van der Waals surface area contributed by atoms with E-state index in [0.717, 1.165) is 12.1 Å². The molecule has 27 heavy (non-hydrogen) atoms. The van der Waals surface area contributed by atoms with Crippen LogP contribution in [0.5, 0.6) is 0 Å². The highest BCUT2D eigenvalue weighted by Gasteiger charge is 2.22. The van der Waals surface area contributed by atoms with Gasteiger partial charge in [-0.1, -0.05) is 5.10 Å². The van der Waals surface area contributed by atoms with Crippen molar-refractivity contribution in [2.45, 2.75) is 0 Å². The molecule has 0 bridgehead atoms. The van der Waals surface area contributed by atoms with Crippen LogP contribution in [0, 0.1) is 17.5 Å². The molecule has 0 radical (unpaired) electrons. The van der Waals surface area contributed by atoms with Crippen molar-refractivity contribution in [2.24, 2.45) is 0 Å². The molecule has 0 atom stereocenters. The molecule has 2 heterocycles. The van der Waals surface area contributed by atoms with Gasteiger partial charge in [-0.25, -0.2) is 13.2 Å². The van der Waals surface area contributed by atoms with Gasteiger partial charge in [-0.2, -0.15) is 0 Å². The number of H-pyrrole nitrogens is 1. The fourth-order valence-electron chi connectivity index (χ4n) is 2.83. The van der Waals surface area contributed by atoms with Gasteiger partial charge in [0.05, 0.1) is 23.4 Å². The Labute approximate surface area is 150 Å². The van der Waals surface area contributed by atoms with E-state index < -0.39 is 17.5 Å². The molecule has 0 unspecified atom stereocenters. The third-order valence-electron chi connectivity index (χ3n) is 3.98. The standard InChI is InChI=1S/C18H13F3N4O2/c19-10-3-1-9(2-4-10)15-14(17-24-25-18(27-17)22-5-6-26)12-7-11(20)8-13(21)16(12)23-15/h1-4,7-8,23,26H,5-6H2,(H,22,25). The number of aromatic amines is 1. The van der Waals surface area contributed by atoms with Crippen LogP contribution in [0.15, 0.2) is 40.8 Å². The Bertz CT molecular complexity index is 1110. The number of hydrogen-bond acceptors (Lipinski definition) is 5. The quantitative estimate of drug-likeness (QED) is 0.496. The minimum absolute atomic E-state index is 0.0195. The topological polar surface area (TPSA) is 87.0 Å². The second-order valence-electron chi connectivity index (χ2n) is 5.75. The van der Waals surface area contributed by atoms with Gasteiger partial charge in [-0.3, -0.25) is 0 Å². The molecule has 0 aliphatic heterocycles. The molecule has 0 aliphatic rings. The van der Waals surface area contributed by atoms with Gasteiger partial charge < -0.3 is 19.8 Å². The molecule has 0 saturated carbocycles. The van der Waals surface area contributed by atoms with Crippen molar-refractivity contribution in [1.82, 2.24) is 15.2 Å². The molecular formula is C18H13F3N4O2. The van der Waals surface area contributed by atoms with Crippen LogP contribution in [0.3, 0.4) is 0 Å². The summed E-state index contributed by atoms with van der Waals surface area (Å²) in [6, 6.07) is 7.47. The maximum absolute atomic E-state index is 14.3. The third-order valence-corrected chi connectivity index (χ3v) is 3.98. The van der Waals surface area contributed by atoms with Crippen LogP contribution in [0.2, 0.25) is 0 Å². The van der Waals surface area contributed by atoms with E-state index >= 15 is 0 Å². The molecule has 0 amide bonds. The zero-order valence-electron chi connectivity index (χ0n) is 13.8. The average Bonchev–Trinajstić information content (AvgIpc) is 3.25. The van der Waals surface area contributed by atoms with Gasteiger partial charge in [0.1, 0.15) is 17.5 Å². The van der Waals surface area contributed by atoms with Crippen LogP contribution in [-0.2, 0) is 0 Å². The Morgan fingerprint density at radius 3 is 2.56 bits per heavy atom. The molecule has 0 spiro atoms. The molecule has 0 fully saturated rings. The van der Waals surface area contributed by atoms with Gasteiger partial charge in [-0.15, -0.1) is 5.10 Å². The summed E-state index contributed by atoms with van der Waals surface area (Å²) in [5, 5.41) is 19.5. The number of rotatable bonds is 5. The number of nitrogens with zero attached hydrogens (tertiary/aromatic N) is 2. The number of halogens is 3. The predicted molar refractivity (Wildman–Crippen MR) is 92.5 cm³/mol. The summed E-state index contributed by atoms with van der Waals surface area (Å²) in [7, 11) is 0. The van der Waals surface area contributed by atoms with Gasteiger partial charge in [0.15, 0.2) is 0 Å². The van der Waals surface area contributed by atoms with E-state index in [4.69, 9.17) is 9.52 Å². The molecule has 6 nitrogen and oxygen atoms in total. The molecule has 2 aromatic heterocycles. The van der Waals surface area contributed by atoms with Crippen molar-refractivity contribution in [2.75, 3.05) is 18.5 Å².